The van der Waals surface area contributed by atoms with Crippen molar-refractivity contribution < 1.29 is 9.90 Å². The van der Waals surface area contributed by atoms with E-state index in [1.807, 2.05) is 0 Å². The summed E-state index contributed by atoms with van der Waals surface area (Å²) in [6, 6.07) is 0. The summed E-state index contributed by atoms with van der Waals surface area (Å²) < 4.78 is 0. The zero-order valence-corrected chi connectivity index (χ0v) is 10.5. The number of carboxylic acid groups (broad SMARTS) is 1. The van der Waals surface area contributed by atoms with Gasteiger partial charge in [0.05, 0.1) is 0 Å². The first-order chi connectivity index (χ1) is 7.17. The molecule has 1 fully saturated rings. The van der Waals surface area contributed by atoms with Crippen molar-refractivity contribution in [2.24, 2.45) is 0 Å². The standard InChI is InChI=1S/C11H21NO2S/c1-3-6-12(7-4-2)11(10(13)14)5-8-15-9-11/h3-9H2,1-2H3,(H,13,14). The third-order valence-corrected chi connectivity index (χ3v) is 4.17. The second-order valence-electron chi connectivity index (χ2n) is 4.13. The van der Waals surface area contributed by atoms with Crippen molar-refractivity contribution >= 4 is 17.7 Å². The summed E-state index contributed by atoms with van der Waals surface area (Å²) in [4.78, 5) is 13.6. The smallest absolute Gasteiger partial charge is 0.325 e. The molecule has 1 aliphatic heterocycles. The number of rotatable bonds is 6. The third-order valence-electron chi connectivity index (χ3n) is 2.99. The molecule has 0 bridgehead atoms. The number of hydrogen-bond acceptors (Lipinski definition) is 3. The van der Waals surface area contributed by atoms with E-state index in [1.165, 1.54) is 0 Å². The molecule has 0 aromatic heterocycles. The third kappa shape index (κ3) is 2.67. The number of carboxylic acids is 1. The van der Waals surface area contributed by atoms with E-state index in [0.29, 0.717) is 0 Å². The van der Waals surface area contributed by atoms with Crippen LogP contribution < -0.4 is 0 Å². The van der Waals surface area contributed by atoms with Crippen LogP contribution in [0.15, 0.2) is 0 Å². The van der Waals surface area contributed by atoms with Crippen molar-refractivity contribution in [3.63, 3.8) is 0 Å². The van der Waals surface area contributed by atoms with E-state index in [4.69, 9.17) is 0 Å². The fraction of sp³-hybridized carbons (Fsp3) is 0.909. The minimum Gasteiger partial charge on any atom is -0.480 e. The van der Waals surface area contributed by atoms with Gasteiger partial charge in [-0.05, 0) is 38.1 Å². The molecule has 0 aromatic carbocycles. The minimum atomic E-state index is -0.630. The van der Waals surface area contributed by atoms with Crippen molar-refractivity contribution in [2.75, 3.05) is 24.6 Å². The minimum absolute atomic E-state index is 0.573. The van der Waals surface area contributed by atoms with E-state index in [0.717, 1.165) is 43.9 Å². The molecule has 4 heteroatoms. The van der Waals surface area contributed by atoms with Gasteiger partial charge in [-0.2, -0.15) is 11.8 Å². The van der Waals surface area contributed by atoms with Gasteiger partial charge in [0, 0.05) is 5.75 Å². The molecule has 0 aromatic rings. The maximum Gasteiger partial charge on any atom is 0.325 e. The van der Waals surface area contributed by atoms with Crippen LogP contribution in [0.25, 0.3) is 0 Å². The van der Waals surface area contributed by atoms with Gasteiger partial charge in [0.15, 0.2) is 0 Å². The van der Waals surface area contributed by atoms with Gasteiger partial charge in [0.25, 0.3) is 0 Å². The molecule has 1 N–H and O–H groups in total. The predicted octanol–water partition coefficient (Wildman–Crippen LogP) is 2.07. The summed E-state index contributed by atoms with van der Waals surface area (Å²) in [7, 11) is 0. The molecular weight excluding hydrogens is 210 g/mol. The molecular formula is C11H21NO2S. The molecule has 0 spiro atoms. The molecule has 1 rings (SSSR count). The molecule has 1 saturated heterocycles. The number of carbonyl (C=O) groups is 1. The first-order valence-electron chi connectivity index (χ1n) is 5.73. The Balaban J connectivity index is 2.78. The van der Waals surface area contributed by atoms with Crippen LogP contribution in [0.5, 0.6) is 0 Å². The maximum atomic E-state index is 11.5. The van der Waals surface area contributed by atoms with Gasteiger partial charge in [-0.1, -0.05) is 13.8 Å². The Kier molecular flexibility index (Phi) is 4.93. The van der Waals surface area contributed by atoms with Crippen molar-refractivity contribution in [1.82, 2.24) is 4.90 Å². The lowest BCUT2D eigenvalue weighted by Crippen LogP contribution is -2.55. The number of nitrogens with zero attached hydrogens (tertiary/aromatic N) is 1. The first-order valence-corrected chi connectivity index (χ1v) is 6.89. The van der Waals surface area contributed by atoms with E-state index in [9.17, 15) is 9.90 Å². The Morgan fingerprint density at radius 1 is 1.40 bits per heavy atom. The second-order valence-corrected chi connectivity index (χ2v) is 5.23. The zero-order chi connectivity index (χ0) is 11.3. The van der Waals surface area contributed by atoms with E-state index in [-0.39, 0.29) is 0 Å². The lowest BCUT2D eigenvalue weighted by Gasteiger charge is -2.37. The summed E-state index contributed by atoms with van der Waals surface area (Å²) in [5.41, 5.74) is -0.573. The van der Waals surface area contributed by atoms with Crippen LogP contribution in [-0.4, -0.2) is 46.1 Å². The van der Waals surface area contributed by atoms with Crippen LogP contribution in [0, 0.1) is 0 Å². The molecule has 0 amide bonds. The van der Waals surface area contributed by atoms with Crippen LogP contribution in [0.2, 0.25) is 0 Å². The molecule has 1 atom stereocenters. The molecule has 1 unspecified atom stereocenters. The first kappa shape index (κ1) is 12.8. The zero-order valence-electron chi connectivity index (χ0n) is 9.66. The van der Waals surface area contributed by atoms with Gasteiger partial charge in [0.1, 0.15) is 5.54 Å². The fourth-order valence-electron chi connectivity index (χ4n) is 2.19. The Morgan fingerprint density at radius 2 is 2.00 bits per heavy atom. The Hall–Kier alpha value is -0.220. The highest BCUT2D eigenvalue weighted by atomic mass is 32.2. The Morgan fingerprint density at radius 3 is 2.33 bits per heavy atom. The maximum absolute atomic E-state index is 11.5. The lowest BCUT2D eigenvalue weighted by molar-refractivity contribution is -0.150. The number of thioether (sulfide) groups is 1. The number of aliphatic carboxylic acids is 1. The van der Waals surface area contributed by atoms with Gasteiger partial charge < -0.3 is 5.11 Å². The van der Waals surface area contributed by atoms with E-state index in [2.05, 4.69) is 18.7 Å². The lowest BCUT2D eigenvalue weighted by atomic mass is 9.96. The van der Waals surface area contributed by atoms with Gasteiger partial charge in [-0.3, -0.25) is 9.69 Å². The highest BCUT2D eigenvalue weighted by molar-refractivity contribution is 7.99. The fourth-order valence-corrected chi connectivity index (χ4v) is 3.60. The van der Waals surface area contributed by atoms with Crippen molar-refractivity contribution in [3.8, 4) is 0 Å². The SMILES string of the molecule is CCCN(CCC)C1(C(=O)O)CCSC1. The predicted molar refractivity (Wildman–Crippen MR) is 64.5 cm³/mol. The van der Waals surface area contributed by atoms with Crippen LogP contribution in [-0.2, 0) is 4.79 Å². The largest absolute Gasteiger partial charge is 0.480 e. The molecule has 1 heterocycles. The van der Waals surface area contributed by atoms with E-state index < -0.39 is 11.5 Å². The van der Waals surface area contributed by atoms with Crippen molar-refractivity contribution in [2.45, 2.75) is 38.6 Å². The van der Waals surface area contributed by atoms with Gasteiger partial charge in [0.2, 0.25) is 0 Å². The molecule has 0 saturated carbocycles. The summed E-state index contributed by atoms with van der Waals surface area (Å²) in [5.74, 6) is 1.10. The molecule has 3 nitrogen and oxygen atoms in total. The number of hydrogen-bond donors (Lipinski definition) is 1. The second kappa shape index (κ2) is 5.75. The van der Waals surface area contributed by atoms with E-state index >= 15 is 0 Å². The summed E-state index contributed by atoms with van der Waals surface area (Å²) in [6.45, 7) is 6.03. The average Bonchev–Trinajstić information content (AvgIpc) is 2.67. The normalized spacial score (nSPS) is 26.1. The molecule has 15 heavy (non-hydrogen) atoms. The Bertz CT molecular complexity index is 209. The molecule has 88 valence electrons. The molecule has 0 aliphatic carbocycles. The summed E-state index contributed by atoms with van der Waals surface area (Å²) >= 11 is 1.77. The monoisotopic (exact) mass is 231 g/mol. The van der Waals surface area contributed by atoms with Crippen LogP contribution >= 0.6 is 11.8 Å². The highest BCUT2D eigenvalue weighted by Gasteiger charge is 2.46. The molecule has 0 radical (unpaired) electrons. The molecule has 1 aliphatic rings. The van der Waals surface area contributed by atoms with Crippen LogP contribution in [0.3, 0.4) is 0 Å². The van der Waals surface area contributed by atoms with E-state index in [1.54, 1.807) is 11.8 Å². The highest BCUT2D eigenvalue weighted by Crippen LogP contribution is 2.34. The van der Waals surface area contributed by atoms with Crippen LogP contribution in [0.4, 0.5) is 0 Å². The van der Waals surface area contributed by atoms with Crippen molar-refractivity contribution in [3.05, 3.63) is 0 Å². The summed E-state index contributed by atoms with van der Waals surface area (Å²) in [6.07, 6.45) is 2.85. The van der Waals surface area contributed by atoms with Gasteiger partial charge in [-0.25, -0.2) is 0 Å². The average molecular weight is 231 g/mol. The Labute approximate surface area is 96.2 Å². The van der Waals surface area contributed by atoms with Gasteiger partial charge >= 0.3 is 5.97 Å². The quantitative estimate of drug-likeness (QED) is 0.759. The van der Waals surface area contributed by atoms with Gasteiger partial charge in [-0.15, -0.1) is 0 Å². The summed E-state index contributed by atoms with van der Waals surface area (Å²) in [5, 5.41) is 9.43. The van der Waals surface area contributed by atoms with Crippen LogP contribution in [0.1, 0.15) is 33.1 Å². The topological polar surface area (TPSA) is 40.5 Å². The van der Waals surface area contributed by atoms with Crippen molar-refractivity contribution in [1.29, 1.82) is 0 Å².